The number of para-hydroxylation sites is 1. The van der Waals surface area contributed by atoms with Crippen molar-refractivity contribution >= 4 is 16.9 Å². The lowest BCUT2D eigenvalue weighted by molar-refractivity contribution is -0.142. The van der Waals surface area contributed by atoms with E-state index in [1.807, 2.05) is 18.2 Å². The predicted octanol–water partition coefficient (Wildman–Crippen LogP) is 4.70. The van der Waals surface area contributed by atoms with E-state index in [0.717, 1.165) is 17.4 Å². The van der Waals surface area contributed by atoms with Gasteiger partial charge >= 0.3 is 5.97 Å². The number of fused-ring (bicyclic) bond motifs is 1. The molecule has 0 saturated carbocycles. The number of carbonyl (C=O) groups excluding carboxylic acids is 1. The van der Waals surface area contributed by atoms with Gasteiger partial charge in [-0.3, -0.25) is 0 Å². The highest BCUT2D eigenvalue weighted by Gasteiger charge is 2.14. The fraction of sp³-hybridized carbons (Fsp3) is 0.318. The van der Waals surface area contributed by atoms with Gasteiger partial charge in [-0.15, -0.1) is 0 Å². The molecule has 3 aromatic rings. The molecule has 1 heterocycles. The molecule has 1 atom stereocenters. The zero-order valence-corrected chi connectivity index (χ0v) is 15.6. The molecular weight excluding hydrogens is 344 g/mol. The minimum Gasteiger partial charge on any atom is -0.478 e. The summed E-state index contributed by atoms with van der Waals surface area (Å²) >= 11 is 0. The third-order valence-corrected chi connectivity index (χ3v) is 4.56. The monoisotopic (exact) mass is 368 g/mol. The van der Waals surface area contributed by atoms with E-state index < -0.39 is 5.97 Å². The molecule has 5 nitrogen and oxygen atoms in total. The molecule has 0 N–H and O–H groups in total. The number of benzene rings is 2. The molecule has 0 spiro atoms. The minimum absolute atomic E-state index is 0.155. The normalized spacial score (nSPS) is 12.1. The Kier molecular flexibility index (Phi) is 6.49. The van der Waals surface area contributed by atoms with Crippen molar-refractivity contribution in [2.24, 2.45) is 0 Å². The van der Waals surface area contributed by atoms with Gasteiger partial charge in [-0.05, 0) is 18.1 Å². The summed E-state index contributed by atoms with van der Waals surface area (Å²) in [6, 6.07) is 16.0. The van der Waals surface area contributed by atoms with Gasteiger partial charge in [-0.2, -0.15) is 0 Å². The van der Waals surface area contributed by atoms with Gasteiger partial charge in [-0.25, -0.2) is 4.79 Å². The quantitative estimate of drug-likeness (QED) is 0.513. The van der Waals surface area contributed by atoms with E-state index in [1.54, 1.807) is 12.3 Å². The van der Waals surface area contributed by atoms with Gasteiger partial charge in [0.15, 0.2) is 17.9 Å². The van der Waals surface area contributed by atoms with Crippen LogP contribution in [0.3, 0.4) is 0 Å². The standard InChI is InChI=1S/C22H24O5/c1-3-16(17-8-5-4-6-9-17)12-25-13-18-14-27-22-19(18)10-7-11-20(22)26-15-21(23)24-2/h4-11,14,16H,3,12-13,15H2,1-2H3/t16-/m0/s1. The fourth-order valence-corrected chi connectivity index (χ4v) is 2.99. The van der Waals surface area contributed by atoms with Crippen LogP contribution in [0.1, 0.15) is 30.4 Å². The molecule has 0 aliphatic rings. The topological polar surface area (TPSA) is 57.9 Å². The summed E-state index contributed by atoms with van der Waals surface area (Å²) in [6.07, 6.45) is 2.70. The molecule has 0 aliphatic heterocycles. The van der Waals surface area contributed by atoms with Crippen LogP contribution in [-0.4, -0.2) is 26.3 Å². The number of rotatable bonds is 9. The SMILES string of the molecule is CC[C@@H](COCc1coc2c(OCC(=O)OC)cccc12)c1ccccc1. The van der Waals surface area contributed by atoms with Gasteiger partial charge in [0.05, 0.1) is 26.6 Å². The average Bonchev–Trinajstić information content (AvgIpc) is 3.13. The van der Waals surface area contributed by atoms with Gasteiger partial charge in [0, 0.05) is 16.9 Å². The third kappa shape index (κ3) is 4.68. The highest BCUT2D eigenvalue weighted by atomic mass is 16.6. The second-order valence-corrected chi connectivity index (χ2v) is 6.29. The fourth-order valence-electron chi connectivity index (χ4n) is 2.99. The summed E-state index contributed by atoms with van der Waals surface area (Å²) in [5.41, 5.74) is 2.85. The van der Waals surface area contributed by atoms with Crippen LogP contribution < -0.4 is 4.74 Å². The maximum atomic E-state index is 11.3. The Morgan fingerprint density at radius 3 is 2.67 bits per heavy atom. The minimum atomic E-state index is -0.436. The van der Waals surface area contributed by atoms with Crippen LogP contribution in [0.2, 0.25) is 0 Å². The Morgan fingerprint density at radius 1 is 1.11 bits per heavy atom. The molecule has 5 heteroatoms. The van der Waals surface area contributed by atoms with Gasteiger partial charge in [-0.1, -0.05) is 49.4 Å². The first kappa shape index (κ1) is 19.0. The average molecular weight is 368 g/mol. The first-order valence-corrected chi connectivity index (χ1v) is 9.04. The smallest absolute Gasteiger partial charge is 0.343 e. The molecule has 0 unspecified atom stereocenters. The van der Waals surface area contributed by atoms with Crippen LogP contribution in [0, 0.1) is 0 Å². The number of carbonyl (C=O) groups is 1. The van der Waals surface area contributed by atoms with E-state index in [0.29, 0.717) is 30.5 Å². The van der Waals surface area contributed by atoms with Crippen molar-refractivity contribution in [2.45, 2.75) is 25.9 Å². The van der Waals surface area contributed by atoms with Gasteiger partial charge in [0.1, 0.15) is 0 Å². The van der Waals surface area contributed by atoms with Crippen molar-refractivity contribution in [1.82, 2.24) is 0 Å². The van der Waals surface area contributed by atoms with Gasteiger partial charge in [0.2, 0.25) is 0 Å². The zero-order valence-electron chi connectivity index (χ0n) is 15.6. The van der Waals surface area contributed by atoms with E-state index >= 15 is 0 Å². The molecule has 3 rings (SSSR count). The predicted molar refractivity (Wildman–Crippen MR) is 103 cm³/mol. The lowest BCUT2D eigenvalue weighted by Crippen LogP contribution is -2.12. The summed E-state index contributed by atoms with van der Waals surface area (Å²) in [5, 5.41) is 0.921. The van der Waals surface area contributed by atoms with Gasteiger partial charge in [0.25, 0.3) is 0 Å². The maximum absolute atomic E-state index is 11.3. The Morgan fingerprint density at radius 2 is 1.93 bits per heavy atom. The molecule has 142 valence electrons. The largest absolute Gasteiger partial charge is 0.478 e. The molecule has 0 saturated heterocycles. The molecule has 0 radical (unpaired) electrons. The van der Waals surface area contributed by atoms with Crippen molar-refractivity contribution in [1.29, 1.82) is 0 Å². The second-order valence-electron chi connectivity index (χ2n) is 6.29. The third-order valence-electron chi connectivity index (χ3n) is 4.56. The summed E-state index contributed by atoms with van der Waals surface area (Å²) in [6.45, 7) is 3.11. The Balaban J connectivity index is 1.64. The van der Waals surface area contributed by atoms with Crippen LogP contribution in [0.4, 0.5) is 0 Å². The van der Waals surface area contributed by atoms with E-state index in [-0.39, 0.29) is 6.61 Å². The van der Waals surface area contributed by atoms with Crippen molar-refractivity contribution in [3.05, 3.63) is 65.9 Å². The van der Waals surface area contributed by atoms with E-state index in [9.17, 15) is 4.79 Å². The number of methoxy groups -OCH3 is 1. The zero-order chi connectivity index (χ0) is 19.1. The van der Waals surface area contributed by atoms with Crippen molar-refractivity contribution < 1.29 is 23.4 Å². The number of hydrogen-bond donors (Lipinski definition) is 0. The van der Waals surface area contributed by atoms with Crippen LogP contribution >= 0.6 is 0 Å². The number of esters is 1. The molecule has 27 heavy (non-hydrogen) atoms. The molecule has 0 aliphatic carbocycles. The van der Waals surface area contributed by atoms with E-state index in [1.165, 1.54) is 12.7 Å². The molecule has 0 bridgehead atoms. The van der Waals surface area contributed by atoms with Crippen LogP contribution in [0.25, 0.3) is 11.0 Å². The maximum Gasteiger partial charge on any atom is 0.343 e. The number of ether oxygens (including phenoxy) is 3. The highest BCUT2D eigenvalue weighted by molar-refractivity contribution is 5.86. The van der Waals surface area contributed by atoms with Crippen molar-refractivity contribution in [3.63, 3.8) is 0 Å². The molecule has 1 aromatic heterocycles. The molecular formula is C22H24O5. The highest BCUT2D eigenvalue weighted by Crippen LogP contribution is 2.30. The summed E-state index contributed by atoms with van der Waals surface area (Å²) < 4.78 is 21.7. The Hall–Kier alpha value is -2.79. The summed E-state index contributed by atoms with van der Waals surface area (Å²) in [4.78, 5) is 11.3. The molecule has 0 amide bonds. The first-order valence-electron chi connectivity index (χ1n) is 9.04. The van der Waals surface area contributed by atoms with E-state index in [2.05, 4.69) is 35.9 Å². The Labute approximate surface area is 158 Å². The van der Waals surface area contributed by atoms with Gasteiger partial charge < -0.3 is 18.6 Å². The summed E-state index contributed by atoms with van der Waals surface area (Å²) in [5.74, 6) is 0.442. The van der Waals surface area contributed by atoms with Crippen LogP contribution in [0.15, 0.2) is 59.2 Å². The van der Waals surface area contributed by atoms with Crippen molar-refractivity contribution in [2.75, 3.05) is 20.3 Å². The lowest BCUT2D eigenvalue weighted by atomic mass is 9.98. The summed E-state index contributed by atoms with van der Waals surface area (Å²) in [7, 11) is 1.33. The number of hydrogen-bond acceptors (Lipinski definition) is 5. The molecule has 0 fully saturated rings. The molecule has 2 aromatic carbocycles. The van der Waals surface area contributed by atoms with Crippen LogP contribution in [-0.2, 0) is 20.9 Å². The number of furan rings is 1. The Bertz CT molecular complexity index is 869. The first-order chi connectivity index (χ1) is 13.2. The second kappa shape index (κ2) is 9.24. The van der Waals surface area contributed by atoms with E-state index in [4.69, 9.17) is 13.9 Å². The lowest BCUT2D eigenvalue weighted by Gasteiger charge is -2.15. The van der Waals surface area contributed by atoms with Crippen LogP contribution in [0.5, 0.6) is 5.75 Å². The van der Waals surface area contributed by atoms with Crippen molar-refractivity contribution in [3.8, 4) is 5.75 Å².